The zero-order valence-electron chi connectivity index (χ0n) is 6.28. The van der Waals surface area contributed by atoms with Crippen LogP contribution < -0.4 is 15.7 Å². The predicted molar refractivity (Wildman–Crippen MR) is 33.7 cm³/mol. The summed E-state index contributed by atoms with van der Waals surface area (Å²) in [5.74, 6) is -2.92. The quantitative estimate of drug-likeness (QED) is 0.349. The van der Waals surface area contributed by atoms with E-state index in [0.29, 0.717) is 0 Å². The first kappa shape index (κ1) is 14.6. The first-order chi connectivity index (χ1) is 5.07. The molecule has 7 heteroatoms. The molecule has 12 heavy (non-hydrogen) atoms. The Morgan fingerprint density at radius 3 is 2.17 bits per heavy atom. The van der Waals surface area contributed by atoms with E-state index in [9.17, 15) is 19.8 Å². The van der Waals surface area contributed by atoms with E-state index in [1.165, 1.54) is 5.48 Å². The normalized spacial score (nSPS) is 11.4. The summed E-state index contributed by atoms with van der Waals surface area (Å²) >= 11 is 0. The summed E-state index contributed by atoms with van der Waals surface area (Å²) in [6.07, 6.45) is -0.701. The Hall–Kier alpha value is 0.120. The molecule has 1 atom stereocenters. The van der Waals surface area contributed by atoms with Crippen LogP contribution in [-0.2, 0) is 9.59 Å². The monoisotopic (exact) mass is 201 g/mol. The van der Waals surface area contributed by atoms with Crippen molar-refractivity contribution >= 4 is 49.7 Å². The second-order valence-electron chi connectivity index (χ2n) is 1.91. The Bertz CT molecular complexity index is 162. The zero-order valence-corrected chi connectivity index (χ0v) is 8.49. The van der Waals surface area contributed by atoms with Gasteiger partial charge in [0, 0.05) is 5.97 Å². The van der Waals surface area contributed by atoms with Crippen molar-refractivity contribution in [3.05, 3.63) is 0 Å². The number of hydroxylamine groups is 1. The van der Waals surface area contributed by atoms with E-state index in [2.05, 4.69) is 0 Å². The van der Waals surface area contributed by atoms with Crippen LogP contribution in [-0.4, -0.2) is 60.9 Å². The number of carboxylic acids is 2. The molecule has 0 bridgehead atoms. The predicted octanol–water partition coefficient (Wildman–Crippen LogP) is -3.77. The molecule has 0 spiro atoms. The van der Waals surface area contributed by atoms with Gasteiger partial charge in [-0.2, -0.15) is 5.48 Å². The first-order valence-corrected chi connectivity index (χ1v) is 2.88. The first-order valence-electron chi connectivity index (χ1n) is 2.88. The summed E-state index contributed by atoms with van der Waals surface area (Å²) in [6.45, 7) is 0. The summed E-state index contributed by atoms with van der Waals surface area (Å²) in [4.78, 5) is 19.8. The van der Waals surface area contributed by atoms with E-state index in [1.54, 1.807) is 0 Å². The van der Waals surface area contributed by atoms with E-state index < -0.39 is 24.4 Å². The van der Waals surface area contributed by atoms with Crippen molar-refractivity contribution in [3.63, 3.8) is 0 Å². The number of rotatable bonds is 5. The summed E-state index contributed by atoms with van der Waals surface area (Å²) in [5.41, 5.74) is 1.40. The van der Waals surface area contributed by atoms with E-state index in [4.69, 9.17) is 5.21 Å². The van der Waals surface area contributed by atoms with Crippen molar-refractivity contribution in [3.8, 4) is 0 Å². The van der Waals surface area contributed by atoms with Gasteiger partial charge in [-0.3, -0.25) is 0 Å². The number of carbonyl (C=O) groups is 2. The number of carboxylic acid groups (broad SMARTS) is 2. The third kappa shape index (κ3) is 6.81. The molecule has 2 N–H and O–H groups in total. The number of nitrogens with one attached hydrogen (secondary N) is 1. The summed E-state index contributed by atoms with van der Waals surface area (Å²) in [5, 5.41) is 27.9. The molecule has 0 rings (SSSR count). The Labute approximate surface area is 98.5 Å². The summed E-state index contributed by atoms with van der Waals surface area (Å²) in [7, 11) is 0. The van der Waals surface area contributed by atoms with Gasteiger partial charge in [-0.15, -0.1) is 0 Å². The van der Waals surface area contributed by atoms with Crippen molar-refractivity contribution in [1.82, 2.24) is 5.48 Å². The van der Waals surface area contributed by atoms with Gasteiger partial charge in [0.1, 0.15) is 0 Å². The fourth-order valence-electron chi connectivity index (χ4n) is 0.497. The van der Waals surface area contributed by atoms with Crippen LogP contribution in [0.15, 0.2) is 0 Å². The fraction of sp³-hybridized carbons (Fsp3) is 0.600. The molecule has 0 aliphatic rings. The van der Waals surface area contributed by atoms with E-state index in [0.717, 1.165) is 0 Å². The van der Waals surface area contributed by atoms with E-state index in [1.807, 2.05) is 0 Å². The van der Waals surface area contributed by atoms with Crippen molar-refractivity contribution in [1.29, 1.82) is 0 Å². The van der Waals surface area contributed by atoms with Gasteiger partial charge in [0.15, 0.2) is 0 Å². The molecule has 0 saturated carbocycles. The van der Waals surface area contributed by atoms with Gasteiger partial charge in [-0.05, 0) is 12.8 Å². The van der Waals surface area contributed by atoms with Gasteiger partial charge in [0.05, 0.1) is 12.0 Å². The molecule has 6 nitrogen and oxygen atoms in total. The molecule has 0 heterocycles. The standard InChI is InChI=1S/C5H9NO5.Ca/c7-4(8)2-1-3(6-11)5(9)10;/h3,6,11H,1-2H2,(H,7,8)(H,9,10);/q;+2/p-2/t3-;/m0./s1. The van der Waals surface area contributed by atoms with Gasteiger partial charge < -0.3 is 25.0 Å². The molecule has 0 radical (unpaired) electrons. The van der Waals surface area contributed by atoms with Crippen LogP contribution in [0.1, 0.15) is 12.8 Å². The van der Waals surface area contributed by atoms with Crippen LogP contribution in [0.5, 0.6) is 0 Å². The molecule has 0 amide bonds. The molecule has 0 aliphatic carbocycles. The van der Waals surface area contributed by atoms with E-state index in [-0.39, 0.29) is 44.2 Å². The molecule has 0 fully saturated rings. The smallest absolute Gasteiger partial charge is 0.550 e. The van der Waals surface area contributed by atoms with Gasteiger partial charge in [0.2, 0.25) is 0 Å². The summed E-state index contributed by atoms with van der Waals surface area (Å²) < 4.78 is 0. The summed E-state index contributed by atoms with van der Waals surface area (Å²) in [6, 6.07) is -1.35. The fourth-order valence-corrected chi connectivity index (χ4v) is 0.497. The number of hydrogen-bond acceptors (Lipinski definition) is 6. The molecule has 0 aliphatic heterocycles. The average molecular weight is 201 g/mol. The Morgan fingerprint density at radius 1 is 1.42 bits per heavy atom. The van der Waals surface area contributed by atoms with Crippen LogP contribution in [0.3, 0.4) is 0 Å². The molecule has 0 aromatic heterocycles. The van der Waals surface area contributed by atoms with Crippen LogP contribution >= 0.6 is 0 Å². The number of carbonyl (C=O) groups excluding carboxylic acids is 2. The second-order valence-corrected chi connectivity index (χ2v) is 1.91. The van der Waals surface area contributed by atoms with Gasteiger partial charge in [0.25, 0.3) is 0 Å². The molecule has 0 unspecified atom stereocenters. The molecular formula is C5H7CaNO5. The maximum Gasteiger partial charge on any atom is 2.00 e. The SMILES string of the molecule is O=C([O-])CC[C@H](NO)C(=O)[O-].[Ca+2]. The second kappa shape index (κ2) is 7.75. The van der Waals surface area contributed by atoms with Crippen molar-refractivity contribution in [2.75, 3.05) is 0 Å². The van der Waals surface area contributed by atoms with Crippen molar-refractivity contribution < 1.29 is 25.0 Å². The molecule has 0 aromatic rings. The molecule has 64 valence electrons. The van der Waals surface area contributed by atoms with Crippen molar-refractivity contribution in [2.24, 2.45) is 0 Å². The van der Waals surface area contributed by atoms with Crippen LogP contribution in [0.4, 0.5) is 0 Å². The minimum Gasteiger partial charge on any atom is -0.550 e. The van der Waals surface area contributed by atoms with Crippen LogP contribution in [0.25, 0.3) is 0 Å². The number of hydrogen-bond donors (Lipinski definition) is 2. The van der Waals surface area contributed by atoms with Crippen LogP contribution in [0, 0.1) is 0 Å². The third-order valence-electron chi connectivity index (χ3n) is 1.08. The topological polar surface area (TPSA) is 113 Å². The van der Waals surface area contributed by atoms with Gasteiger partial charge in [-0.25, -0.2) is 0 Å². The average Bonchev–Trinajstić information content (AvgIpc) is 1.87. The maximum absolute atomic E-state index is 10.00. The third-order valence-corrected chi connectivity index (χ3v) is 1.08. The minimum absolute atomic E-state index is 0. The zero-order chi connectivity index (χ0) is 8.85. The maximum atomic E-state index is 10.00. The Kier molecular flexibility index (Phi) is 9.45. The van der Waals surface area contributed by atoms with Gasteiger partial charge >= 0.3 is 37.7 Å². The van der Waals surface area contributed by atoms with Crippen LogP contribution in [0.2, 0.25) is 0 Å². The van der Waals surface area contributed by atoms with Gasteiger partial charge in [-0.1, -0.05) is 0 Å². The molecule has 0 saturated heterocycles. The molecule has 0 aromatic carbocycles. The Balaban J connectivity index is 0. The largest absolute Gasteiger partial charge is 2.00 e. The number of aliphatic carboxylic acids is 2. The Morgan fingerprint density at radius 2 is 1.92 bits per heavy atom. The van der Waals surface area contributed by atoms with E-state index >= 15 is 0 Å². The van der Waals surface area contributed by atoms with Crippen molar-refractivity contribution in [2.45, 2.75) is 18.9 Å². The minimum atomic E-state index is -1.55. The molecular weight excluding hydrogens is 194 g/mol.